The molecular weight excluding hydrogens is 242 g/mol. The van der Waals surface area contributed by atoms with Crippen LogP contribution in [-0.2, 0) is 0 Å². The number of hydrogen-bond acceptors (Lipinski definition) is 2. The number of rotatable bonds is 4. The highest BCUT2D eigenvalue weighted by molar-refractivity contribution is 5.96. The Labute approximate surface area is 114 Å². The third-order valence-corrected chi connectivity index (χ3v) is 2.82. The highest BCUT2D eigenvalue weighted by Gasteiger charge is 2.12. The summed E-state index contributed by atoms with van der Waals surface area (Å²) in [6.07, 6.45) is 0. The molecule has 5 heteroatoms. The predicted molar refractivity (Wildman–Crippen MR) is 76.4 cm³/mol. The van der Waals surface area contributed by atoms with Crippen LogP contribution in [0.15, 0.2) is 24.3 Å². The smallest absolute Gasteiger partial charge is 0.321 e. The maximum atomic E-state index is 11.9. The molecule has 104 valence electrons. The van der Waals surface area contributed by atoms with E-state index >= 15 is 0 Å². The first-order valence-electron chi connectivity index (χ1n) is 6.37. The Hall–Kier alpha value is -2.04. The van der Waals surface area contributed by atoms with Gasteiger partial charge in [-0.15, -0.1) is 0 Å². The molecule has 1 N–H and O–H groups in total. The number of nitrogens with zero attached hydrogens (tertiary/aromatic N) is 2. The van der Waals surface area contributed by atoms with Crippen molar-refractivity contribution < 1.29 is 9.59 Å². The van der Waals surface area contributed by atoms with Crippen LogP contribution in [-0.4, -0.2) is 48.9 Å². The second kappa shape index (κ2) is 6.78. The molecule has 19 heavy (non-hydrogen) atoms. The van der Waals surface area contributed by atoms with Gasteiger partial charge in [0.1, 0.15) is 0 Å². The lowest BCUT2D eigenvalue weighted by atomic mass is 10.2. The fraction of sp³-hybridized carbons (Fsp3) is 0.429. The zero-order valence-corrected chi connectivity index (χ0v) is 11.9. The first-order chi connectivity index (χ1) is 8.99. The van der Waals surface area contributed by atoms with E-state index in [0.29, 0.717) is 24.3 Å². The molecule has 0 atom stereocenters. The van der Waals surface area contributed by atoms with Gasteiger partial charge in [0.2, 0.25) is 0 Å². The van der Waals surface area contributed by atoms with Crippen LogP contribution in [0.1, 0.15) is 24.2 Å². The van der Waals surface area contributed by atoms with Crippen LogP contribution >= 0.6 is 0 Å². The highest BCUT2D eigenvalue weighted by atomic mass is 16.2. The lowest BCUT2D eigenvalue weighted by Crippen LogP contribution is -2.34. The summed E-state index contributed by atoms with van der Waals surface area (Å²) in [6.45, 7) is 5.15. The summed E-state index contributed by atoms with van der Waals surface area (Å²) in [7, 11) is 3.40. The summed E-state index contributed by atoms with van der Waals surface area (Å²) in [5, 5.41) is 2.79. The van der Waals surface area contributed by atoms with E-state index in [2.05, 4.69) is 5.32 Å². The molecule has 0 aromatic heterocycles. The second-order valence-corrected chi connectivity index (χ2v) is 4.38. The van der Waals surface area contributed by atoms with Gasteiger partial charge in [-0.2, -0.15) is 0 Å². The fourth-order valence-electron chi connectivity index (χ4n) is 1.70. The quantitative estimate of drug-likeness (QED) is 0.906. The number of urea groups is 1. The normalized spacial score (nSPS) is 9.89. The van der Waals surface area contributed by atoms with Gasteiger partial charge in [0, 0.05) is 38.4 Å². The second-order valence-electron chi connectivity index (χ2n) is 4.38. The van der Waals surface area contributed by atoms with Crippen LogP contribution in [0.2, 0.25) is 0 Å². The molecule has 0 fully saturated rings. The minimum absolute atomic E-state index is 0.0843. The Morgan fingerprint density at radius 1 is 1.16 bits per heavy atom. The molecular formula is C14H21N3O2. The van der Waals surface area contributed by atoms with Crippen LogP contribution in [0.5, 0.6) is 0 Å². The van der Waals surface area contributed by atoms with E-state index in [4.69, 9.17) is 0 Å². The van der Waals surface area contributed by atoms with Crippen molar-refractivity contribution in [2.45, 2.75) is 13.8 Å². The lowest BCUT2D eigenvalue weighted by molar-refractivity contribution is 0.0827. The Morgan fingerprint density at radius 3 is 2.32 bits per heavy atom. The van der Waals surface area contributed by atoms with E-state index in [-0.39, 0.29) is 11.9 Å². The van der Waals surface area contributed by atoms with Crippen LogP contribution in [0.25, 0.3) is 0 Å². The fourth-order valence-corrected chi connectivity index (χ4v) is 1.70. The molecule has 1 aromatic carbocycles. The van der Waals surface area contributed by atoms with Crippen molar-refractivity contribution >= 4 is 17.6 Å². The SMILES string of the molecule is CCN(CC)C(=O)Nc1cccc(C(=O)N(C)C)c1. The van der Waals surface area contributed by atoms with E-state index in [9.17, 15) is 9.59 Å². The first kappa shape index (κ1) is 15.0. The Balaban J connectivity index is 2.83. The molecule has 0 radical (unpaired) electrons. The first-order valence-corrected chi connectivity index (χ1v) is 6.37. The van der Waals surface area contributed by atoms with Crippen molar-refractivity contribution in [1.82, 2.24) is 9.80 Å². The summed E-state index contributed by atoms with van der Waals surface area (Å²) in [4.78, 5) is 26.9. The van der Waals surface area contributed by atoms with Gasteiger partial charge in [-0.25, -0.2) is 4.79 Å². The number of hydrogen-bond donors (Lipinski definition) is 1. The maximum Gasteiger partial charge on any atom is 0.321 e. The van der Waals surface area contributed by atoms with Gasteiger partial charge >= 0.3 is 6.03 Å². The molecule has 3 amide bonds. The van der Waals surface area contributed by atoms with Gasteiger partial charge in [0.15, 0.2) is 0 Å². The number of carbonyl (C=O) groups is 2. The van der Waals surface area contributed by atoms with Crippen molar-refractivity contribution in [1.29, 1.82) is 0 Å². The van der Waals surface area contributed by atoms with Crippen molar-refractivity contribution in [2.24, 2.45) is 0 Å². The zero-order chi connectivity index (χ0) is 14.4. The van der Waals surface area contributed by atoms with Crippen molar-refractivity contribution in [3.05, 3.63) is 29.8 Å². The molecule has 5 nitrogen and oxygen atoms in total. The maximum absolute atomic E-state index is 11.9. The number of anilines is 1. The number of amides is 3. The summed E-state index contributed by atoms with van der Waals surface area (Å²) < 4.78 is 0. The number of carbonyl (C=O) groups excluding carboxylic acids is 2. The van der Waals surface area contributed by atoms with Gasteiger partial charge in [-0.05, 0) is 32.0 Å². The van der Waals surface area contributed by atoms with Gasteiger partial charge in [0.25, 0.3) is 5.91 Å². The number of nitrogens with one attached hydrogen (secondary N) is 1. The molecule has 0 aliphatic carbocycles. The van der Waals surface area contributed by atoms with E-state index in [1.807, 2.05) is 13.8 Å². The van der Waals surface area contributed by atoms with Crippen LogP contribution in [0, 0.1) is 0 Å². The van der Waals surface area contributed by atoms with Crippen LogP contribution < -0.4 is 5.32 Å². The molecule has 0 unspecified atom stereocenters. The Kier molecular flexibility index (Phi) is 5.36. The van der Waals surface area contributed by atoms with Crippen molar-refractivity contribution in [2.75, 3.05) is 32.5 Å². The largest absolute Gasteiger partial charge is 0.345 e. The molecule has 0 saturated heterocycles. The average Bonchev–Trinajstić information content (AvgIpc) is 2.39. The minimum Gasteiger partial charge on any atom is -0.345 e. The topological polar surface area (TPSA) is 52.7 Å². The molecule has 0 spiro atoms. The van der Waals surface area contributed by atoms with E-state index in [0.717, 1.165) is 0 Å². The van der Waals surface area contributed by atoms with Crippen LogP contribution in [0.3, 0.4) is 0 Å². The van der Waals surface area contributed by atoms with Crippen LogP contribution in [0.4, 0.5) is 10.5 Å². The molecule has 0 heterocycles. The summed E-state index contributed by atoms with van der Waals surface area (Å²) in [5.41, 5.74) is 1.19. The van der Waals surface area contributed by atoms with Gasteiger partial charge in [0.05, 0.1) is 0 Å². The van der Waals surface area contributed by atoms with Gasteiger partial charge in [-0.1, -0.05) is 6.07 Å². The van der Waals surface area contributed by atoms with E-state index < -0.39 is 0 Å². The Morgan fingerprint density at radius 2 is 1.79 bits per heavy atom. The van der Waals surface area contributed by atoms with Crippen molar-refractivity contribution in [3.63, 3.8) is 0 Å². The predicted octanol–water partition coefficient (Wildman–Crippen LogP) is 2.26. The lowest BCUT2D eigenvalue weighted by Gasteiger charge is -2.19. The molecule has 0 bridgehead atoms. The summed E-state index contributed by atoms with van der Waals surface area (Å²) in [5.74, 6) is -0.0843. The summed E-state index contributed by atoms with van der Waals surface area (Å²) in [6, 6.07) is 6.79. The molecule has 1 aromatic rings. The number of benzene rings is 1. The Bertz CT molecular complexity index is 454. The standard InChI is InChI=1S/C14H21N3O2/c1-5-17(6-2)14(19)15-12-9-7-8-11(10-12)13(18)16(3)4/h7-10H,5-6H2,1-4H3,(H,15,19). The average molecular weight is 263 g/mol. The monoisotopic (exact) mass is 263 g/mol. The molecule has 1 rings (SSSR count). The van der Waals surface area contributed by atoms with Gasteiger partial charge < -0.3 is 15.1 Å². The third-order valence-electron chi connectivity index (χ3n) is 2.82. The molecule has 0 aliphatic heterocycles. The molecule has 0 saturated carbocycles. The molecule has 0 aliphatic rings. The highest BCUT2D eigenvalue weighted by Crippen LogP contribution is 2.12. The minimum atomic E-state index is -0.153. The zero-order valence-electron chi connectivity index (χ0n) is 11.9. The summed E-state index contributed by atoms with van der Waals surface area (Å²) >= 11 is 0. The van der Waals surface area contributed by atoms with E-state index in [1.54, 1.807) is 43.3 Å². The van der Waals surface area contributed by atoms with Gasteiger partial charge in [-0.3, -0.25) is 4.79 Å². The van der Waals surface area contributed by atoms with Crippen molar-refractivity contribution in [3.8, 4) is 0 Å². The third kappa shape index (κ3) is 3.98. The van der Waals surface area contributed by atoms with E-state index in [1.165, 1.54) is 4.90 Å².